The molecule has 0 aliphatic heterocycles. The molecule has 3 aromatic carbocycles. The highest BCUT2D eigenvalue weighted by Gasteiger charge is 2.23. The van der Waals surface area contributed by atoms with Crippen molar-refractivity contribution in [3.05, 3.63) is 95.8 Å². The Balaban J connectivity index is 1.61. The molecule has 0 spiro atoms. The number of amides is 1. The first kappa shape index (κ1) is 21.8. The Kier molecular flexibility index (Phi) is 6.66. The summed E-state index contributed by atoms with van der Waals surface area (Å²) in [5.74, 6) is -0.0884. The van der Waals surface area contributed by atoms with Crippen molar-refractivity contribution in [3.8, 4) is 17.1 Å². The lowest BCUT2D eigenvalue weighted by atomic mass is 10.2. The maximum Gasteiger partial charge on any atom is 0.233 e. The van der Waals surface area contributed by atoms with Crippen LogP contribution in [0.15, 0.2) is 84.0 Å². The van der Waals surface area contributed by atoms with Crippen LogP contribution < -0.4 is 5.32 Å². The van der Waals surface area contributed by atoms with Gasteiger partial charge in [0.05, 0.1) is 10.8 Å². The predicted octanol–water partition coefficient (Wildman–Crippen LogP) is 5.18. The normalized spacial score (nSPS) is 11.8. The van der Waals surface area contributed by atoms with Crippen LogP contribution in [0, 0.1) is 12.7 Å². The average Bonchev–Trinajstić information content (AvgIpc) is 3.22. The van der Waals surface area contributed by atoms with Gasteiger partial charge in [-0.3, -0.25) is 9.36 Å². The molecule has 0 bridgehead atoms. The summed E-state index contributed by atoms with van der Waals surface area (Å²) < 4.78 is 16.3. The summed E-state index contributed by atoms with van der Waals surface area (Å²) in [6.45, 7) is 4.28. The molecule has 0 fully saturated rings. The number of hydrogen-bond donors (Lipinski definition) is 1. The Labute approximate surface area is 190 Å². The quantitative estimate of drug-likeness (QED) is 0.398. The van der Waals surface area contributed by atoms with E-state index in [0.717, 1.165) is 16.8 Å². The SMILES string of the molecule is Cc1ccc(-n2c(SC(C)C(=O)NCc3ccccc3)nnc2-c2ccccc2F)cc1. The zero-order valence-electron chi connectivity index (χ0n) is 17.8. The second-order valence-corrected chi connectivity index (χ2v) is 8.73. The van der Waals surface area contributed by atoms with Crippen molar-refractivity contribution in [1.29, 1.82) is 0 Å². The minimum atomic E-state index is -0.416. The molecular formula is C25H23FN4OS. The minimum Gasteiger partial charge on any atom is -0.351 e. The highest BCUT2D eigenvalue weighted by molar-refractivity contribution is 8.00. The zero-order valence-corrected chi connectivity index (χ0v) is 18.6. The lowest BCUT2D eigenvalue weighted by Gasteiger charge is -2.14. The van der Waals surface area contributed by atoms with Crippen molar-refractivity contribution in [2.45, 2.75) is 30.8 Å². The summed E-state index contributed by atoms with van der Waals surface area (Å²) in [6.07, 6.45) is 0. The van der Waals surface area contributed by atoms with Crippen molar-refractivity contribution in [2.75, 3.05) is 0 Å². The number of nitrogens with one attached hydrogen (secondary N) is 1. The monoisotopic (exact) mass is 446 g/mol. The van der Waals surface area contributed by atoms with Crippen molar-refractivity contribution in [1.82, 2.24) is 20.1 Å². The zero-order chi connectivity index (χ0) is 22.5. The molecule has 1 amide bonds. The van der Waals surface area contributed by atoms with E-state index in [1.165, 1.54) is 17.8 Å². The van der Waals surface area contributed by atoms with Gasteiger partial charge in [0.2, 0.25) is 5.91 Å². The molecule has 1 heterocycles. The summed E-state index contributed by atoms with van der Waals surface area (Å²) in [5, 5.41) is 11.6. The van der Waals surface area contributed by atoms with Gasteiger partial charge in [-0.15, -0.1) is 10.2 Å². The Bertz CT molecular complexity index is 1210. The second kappa shape index (κ2) is 9.78. The molecule has 1 unspecified atom stereocenters. The molecule has 4 aromatic rings. The summed E-state index contributed by atoms with van der Waals surface area (Å²) in [7, 11) is 0. The van der Waals surface area contributed by atoms with Crippen LogP contribution in [-0.4, -0.2) is 25.9 Å². The number of hydrogen-bond acceptors (Lipinski definition) is 4. The van der Waals surface area contributed by atoms with Gasteiger partial charge < -0.3 is 5.32 Å². The summed E-state index contributed by atoms with van der Waals surface area (Å²) in [6, 6.07) is 24.1. The Morgan fingerprint density at radius 2 is 1.69 bits per heavy atom. The van der Waals surface area contributed by atoms with Gasteiger partial charge in [-0.25, -0.2) is 4.39 Å². The van der Waals surface area contributed by atoms with E-state index in [1.807, 2.05) is 68.4 Å². The van der Waals surface area contributed by atoms with E-state index >= 15 is 0 Å². The number of aryl methyl sites for hydroxylation is 1. The summed E-state index contributed by atoms with van der Waals surface area (Å²) in [4.78, 5) is 12.7. The van der Waals surface area contributed by atoms with Gasteiger partial charge in [0.25, 0.3) is 0 Å². The molecule has 0 aliphatic carbocycles. The van der Waals surface area contributed by atoms with Crippen molar-refractivity contribution >= 4 is 17.7 Å². The van der Waals surface area contributed by atoms with Crippen LogP contribution in [-0.2, 0) is 11.3 Å². The third kappa shape index (κ3) is 4.89. The minimum absolute atomic E-state index is 0.107. The highest BCUT2D eigenvalue weighted by atomic mass is 32.2. The molecule has 4 rings (SSSR count). The number of thioether (sulfide) groups is 1. The standard InChI is InChI=1S/C25H23FN4OS/c1-17-12-14-20(15-13-17)30-23(21-10-6-7-11-22(21)26)28-29-25(30)32-18(2)24(31)27-16-19-8-4-3-5-9-19/h3-15,18H,16H2,1-2H3,(H,27,31). The van der Waals surface area contributed by atoms with E-state index in [2.05, 4.69) is 15.5 Å². The van der Waals surface area contributed by atoms with Crippen LogP contribution in [0.2, 0.25) is 0 Å². The van der Waals surface area contributed by atoms with E-state index in [9.17, 15) is 9.18 Å². The van der Waals surface area contributed by atoms with E-state index in [4.69, 9.17) is 0 Å². The lowest BCUT2D eigenvalue weighted by Crippen LogP contribution is -2.30. The van der Waals surface area contributed by atoms with Gasteiger partial charge in [-0.2, -0.15) is 0 Å². The highest BCUT2D eigenvalue weighted by Crippen LogP contribution is 2.31. The molecule has 162 valence electrons. The average molecular weight is 447 g/mol. The number of nitrogens with zero attached hydrogens (tertiary/aromatic N) is 3. The number of carbonyl (C=O) groups excluding carboxylic acids is 1. The Hall–Kier alpha value is -3.45. The molecule has 0 radical (unpaired) electrons. The molecule has 0 saturated heterocycles. The number of benzene rings is 3. The van der Waals surface area contributed by atoms with Gasteiger partial charge in [0.1, 0.15) is 5.82 Å². The first-order valence-electron chi connectivity index (χ1n) is 10.3. The molecule has 1 aromatic heterocycles. The Morgan fingerprint density at radius 3 is 2.41 bits per heavy atom. The largest absolute Gasteiger partial charge is 0.351 e. The fraction of sp³-hybridized carbons (Fsp3) is 0.160. The smallest absolute Gasteiger partial charge is 0.233 e. The van der Waals surface area contributed by atoms with Crippen LogP contribution in [0.3, 0.4) is 0 Å². The maximum atomic E-state index is 14.5. The van der Waals surface area contributed by atoms with Gasteiger partial charge in [-0.1, -0.05) is 71.9 Å². The summed E-state index contributed by atoms with van der Waals surface area (Å²) in [5.41, 5.74) is 3.30. The van der Waals surface area contributed by atoms with Gasteiger partial charge in [-0.05, 0) is 43.7 Å². The second-order valence-electron chi connectivity index (χ2n) is 7.42. The van der Waals surface area contributed by atoms with E-state index in [-0.39, 0.29) is 11.7 Å². The maximum absolute atomic E-state index is 14.5. The van der Waals surface area contributed by atoms with Crippen LogP contribution >= 0.6 is 11.8 Å². The molecule has 1 N–H and O–H groups in total. The summed E-state index contributed by atoms with van der Waals surface area (Å²) >= 11 is 1.29. The first-order chi connectivity index (χ1) is 15.5. The number of rotatable bonds is 7. The van der Waals surface area contributed by atoms with E-state index in [1.54, 1.807) is 22.8 Å². The van der Waals surface area contributed by atoms with Crippen molar-refractivity contribution in [2.24, 2.45) is 0 Å². The van der Waals surface area contributed by atoms with Crippen molar-refractivity contribution in [3.63, 3.8) is 0 Å². The lowest BCUT2D eigenvalue weighted by molar-refractivity contribution is -0.120. The van der Waals surface area contributed by atoms with Crippen molar-refractivity contribution < 1.29 is 9.18 Å². The van der Waals surface area contributed by atoms with E-state index < -0.39 is 5.25 Å². The predicted molar refractivity (Wildman–Crippen MR) is 125 cm³/mol. The third-order valence-corrected chi connectivity index (χ3v) is 6.04. The fourth-order valence-corrected chi connectivity index (χ4v) is 4.12. The molecule has 7 heteroatoms. The van der Waals surface area contributed by atoms with Crippen LogP contribution in [0.4, 0.5) is 4.39 Å². The number of halogens is 1. The van der Waals surface area contributed by atoms with Gasteiger partial charge >= 0.3 is 0 Å². The molecule has 5 nitrogen and oxygen atoms in total. The third-order valence-electron chi connectivity index (χ3n) is 5.00. The van der Waals surface area contributed by atoms with Crippen LogP contribution in [0.25, 0.3) is 17.1 Å². The molecule has 32 heavy (non-hydrogen) atoms. The molecule has 0 saturated carbocycles. The van der Waals surface area contributed by atoms with Gasteiger partial charge in [0.15, 0.2) is 11.0 Å². The number of aromatic nitrogens is 3. The molecule has 0 aliphatic rings. The molecular weight excluding hydrogens is 423 g/mol. The first-order valence-corrected chi connectivity index (χ1v) is 11.2. The topological polar surface area (TPSA) is 59.8 Å². The van der Waals surface area contributed by atoms with Crippen LogP contribution in [0.1, 0.15) is 18.1 Å². The fourth-order valence-electron chi connectivity index (χ4n) is 3.23. The van der Waals surface area contributed by atoms with Crippen LogP contribution in [0.5, 0.6) is 0 Å². The number of carbonyl (C=O) groups is 1. The van der Waals surface area contributed by atoms with E-state index in [0.29, 0.717) is 23.1 Å². The van der Waals surface area contributed by atoms with Gasteiger partial charge in [0, 0.05) is 12.2 Å². The molecule has 1 atom stereocenters. The Morgan fingerprint density at radius 1 is 1.00 bits per heavy atom.